The highest BCUT2D eigenvalue weighted by Crippen LogP contribution is 2.28. The van der Waals surface area contributed by atoms with Gasteiger partial charge in [0.05, 0.1) is 17.6 Å². The summed E-state index contributed by atoms with van der Waals surface area (Å²) in [6.45, 7) is 11.3. The van der Waals surface area contributed by atoms with Gasteiger partial charge < -0.3 is 14.6 Å². The van der Waals surface area contributed by atoms with Gasteiger partial charge >= 0.3 is 0 Å². The zero-order chi connectivity index (χ0) is 15.1. The molecule has 20 heavy (non-hydrogen) atoms. The van der Waals surface area contributed by atoms with E-state index in [-0.39, 0.29) is 17.1 Å². The number of nitrogens with zero attached hydrogens (tertiary/aromatic N) is 1. The number of rotatable bonds is 2. The average Bonchev–Trinajstić information content (AvgIpc) is 2.52. The highest BCUT2D eigenvalue weighted by atomic mass is 32.1. The Morgan fingerprint density at radius 2 is 1.90 bits per heavy atom. The number of hydrogen-bond donors (Lipinski definition) is 1. The van der Waals surface area contributed by atoms with Gasteiger partial charge in [0.15, 0.2) is 3.95 Å². The van der Waals surface area contributed by atoms with Crippen molar-refractivity contribution in [3.8, 4) is 0 Å². The van der Waals surface area contributed by atoms with Crippen LogP contribution in [0.4, 0.5) is 0 Å². The zero-order valence-electron chi connectivity index (χ0n) is 12.7. The monoisotopic (exact) mass is 314 g/mol. The van der Waals surface area contributed by atoms with Crippen LogP contribution in [0.5, 0.6) is 0 Å². The predicted molar refractivity (Wildman–Crippen MR) is 83.8 cm³/mol. The number of aryl methyl sites for hydroxylation is 1. The molecule has 2 heterocycles. The number of ether oxygens (including phenoxy) is 1. The molecule has 0 aliphatic carbocycles. The molecule has 0 saturated carbocycles. The molecule has 1 aliphatic rings. The van der Waals surface area contributed by atoms with Crippen LogP contribution in [0.3, 0.4) is 0 Å². The van der Waals surface area contributed by atoms with Gasteiger partial charge in [-0.05, 0) is 46.8 Å². The summed E-state index contributed by atoms with van der Waals surface area (Å²) in [4.78, 5) is 18.6. The van der Waals surface area contributed by atoms with Crippen LogP contribution in [0.1, 0.15) is 38.3 Å². The standard InChI is InChI=1S/C14H22N2O2S2/c1-9-10(20-12(19)15-9)6-11(17)16-7-13(2,3)18-14(4,5)8-16/h6-8H2,1-5H3,(H,15,19). The number of H-pyrrole nitrogens is 1. The summed E-state index contributed by atoms with van der Waals surface area (Å²) >= 11 is 6.61. The number of carbonyl (C=O) groups excluding carboxylic acids is 1. The minimum Gasteiger partial charge on any atom is -0.366 e. The summed E-state index contributed by atoms with van der Waals surface area (Å²) < 4.78 is 6.74. The number of aromatic nitrogens is 1. The molecule has 4 nitrogen and oxygen atoms in total. The summed E-state index contributed by atoms with van der Waals surface area (Å²) in [7, 11) is 0. The third-order valence-corrected chi connectivity index (χ3v) is 4.62. The van der Waals surface area contributed by atoms with Crippen molar-refractivity contribution in [2.24, 2.45) is 0 Å². The van der Waals surface area contributed by atoms with Crippen LogP contribution >= 0.6 is 23.6 Å². The first kappa shape index (κ1) is 15.7. The van der Waals surface area contributed by atoms with E-state index in [1.807, 2.05) is 39.5 Å². The normalized spacial score (nSPS) is 20.9. The quantitative estimate of drug-likeness (QED) is 0.853. The lowest BCUT2D eigenvalue weighted by Crippen LogP contribution is -2.58. The van der Waals surface area contributed by atoms with Crippen molar-refractivity contribution in [3.05, 3.63) is 14.5 Å². The number of nitrogens with one attached hydrogen (secondary N) is 1. The van der Waals surface area contributed by atoms with E-state index in [2.05, 4.69) is 4.98 Å². The van der Waals surface area contributed by atoms with Crippen LogP contribution in [-0.4, -0.2) is 40.1 Å². The molecule has 1 saturated heterocycles. The molecule has 0 aromatic carbocycles. The topological polar surface area (TPSA) is 45.3 Å². The summed E-state index contributed by atoms with van der Waals surface area (Å²) in [5, 5.41) is 0. The molecule has 2 rings (SSSR count). The second-order valence-electron chi connectivity index (χ2n) is 6.61. The van der Waals surface area contributed by atoms with Crippen LogP contribution in [-0.2, 0) is 16.0 Å². The lowest BCUT2D eigenvalue weighted by atomic mass is 9.98. The van der Waals surface area contributed by atoms with Crippen LogP contribution < -0.4 is 0 Å². The van der Waals surface area contributed by atoms with E-state index in [1.165, 1.54) is 11.3 Å². The number of morpholine rings is 1. The molecular formula is C14H22N2O2S2. The maximum Gasteiger partial charge on any atom is 0.228 e. The highest BCUT2D eigenvalue weighted by molar-refractivity contribution is 7.73. The number of thiazole rings is 1. The van der Waals surface area contributed by atoms with Gasteiger partial charge in [-0.15, -0.1) is 11.3 Å². The summed E-state index contributed by atoms with van der Waals surface area (Å²) in [6, 6.07) is 0. The van der Waals surface area contributed by atoms with E-state index in [1.54, 1.807) is 0 Å². The van der Waals surface area contributed by atoms with Crippen molar-refractivity contribution in [1.29, 1.82) is 0 Å². The van der Waals surface area contributed by atoms with Crippen molar-refractivity contribution in [2.45, 2.75) is 52.2 Å². The molecule has 0 spiro atoms. The third kappa shape index (κ3) is 3.68. The molecule has 0 bridgehead atoms. The van der Waals surface area contributed by atoms with Gasteiger partial charge in [-0.1, -0.05) is 0 Å². The van der Waals surface area contributed by atoms with Crippen LogP contribution in [0.2, 0.25) is 0 Å². The summed E-state index contributed by atoms with van der Waals surface area (Å²) in [6.07, 6.45) is 0.413. The Kier molecular flexibility index (Phi) is 4.10. The van der Waals surface area contributed by atoms with Crippen LogP contribution in [0, 0.1) is 10.9 Å². The van der Waals surface area contributed by atoms with E-state index in [9.17, 15) is 4.79 Å². The van der Waals surface area contributed by atoms with Gasteiger partial charge in [0, 0.05) is 23.7 Å². The Balaban J connectivity index is 2.13. The molecule has 0 radical (unpaired) electrons. The number of aromatic amines is 1. The van der Waals surface area contributed by atoms with Gasteiger partial charge in [-0.2, -0.15) is 0 Å². The number of carbonyl (C=O) groups is 1. The number of amides is 1. The Bertz CT molecular complexity index is 556. The molecule has 0 unspecified atom stereocenters. The maximum atomic E-state index is 12.5. The average molecular weight is 314 g/mol. The zero-order valence-corrected chi connectivity index (χ0v) is 14.3. The Morgan fingerprint density at radius 1 is 1.35 bits per heavy atom. The SMILES string of the molecule is Cc1[nH]c(=S)sc1CC(=O)N1CC(C)(C)OC(C)(C)C1. The minimum absolute atomic E-state index is 0.141. The fourth-order valence-electron chi connectivity index (χ4n) is 2.82. The second kappa shape index (κ2) is 5.24. The van der Waals surface area contributed by atoms with Gasteiger partial charge in [0.25, 0.3) is 0 Å². The smallest absolute Gasteiger partial charge is 0.228 e. The first-order valence-electron chi connectivity index (χ1n) is 6.75. The third-order valence-electron chi connectivity index (χ3n) is 3.28. The fourth-order valence-corrected chi connectivity index (χ4v) is 4.10. The molecule has 0 atom stereocenters. The van der Waals surface area contributed by atoms with Crippen molar-refractivity contribution in [3.63, 3.8) is 0 Å². The van der Waals surface area contributed by atoms with Crippen LogP contribution in [0.15, 0.2) is 0 Å². The van der Waals surface area contributed by atoms with E-state index in [0.717, 1.165) is 14.5 Å². The predicted octanol–water partition coefficient (Wildman–Crippen LogP) is 3.07. The highest BCUT2D eigenvalue weighted by Gasteiger charge is 2.39. The second-order valence-corrected chi connectivity index (χ2v) is 8.38. The van der Waals surface area contributed by atoms with Gasteiger partial charge in [0.1, 0.15) is 0 Å². The Labute approximate surface area is 129 Å². The van der Waals surface area contributed by atoms with Gasteiger partial charge in [-0.3, -0.25) is 4.79 Å². The van der Waals surface area contributed by atoms with Crippen LogP contribution in [0.25, 0.3) is 0 Å². The minimum atomic E-state index is -0.308. The van der Waals surface area contributed by atoms with E-state index in [0.29, 0.717) is 19.5 Å². The first-order chi connectivity index (χ1) is 9.08. The fraction of sp³-hybridized carbons (Fsp3) is 0.714. The van der Waals surface area contributed by atoms with E-state index < -0.39 is 0 Å². The maximum absolute atomic E-state index is 12.5. The van der Waals surface area contributed by atoms with Crippen molar-refractivity contribution in [2.75, 3.05) is 13.1 Å². The van der Waals surface area contributed by atoms with Crippen molar-refractivity contribution >= 4 is 29.5 Å². The molecule has 1 amide bonds. The molecule has 1 fully saturated rings. The lowest BCUT2D eigenvalue weighted by Gasteiger charge is -2.47. The van der Waals surface area contributed by atoms with E-state index >= 15 is 0 Å². The molecular weight excluding hydrogens is 292 g/mol. The lowest BCUT2D eigenvalue weighted by molar-refractivity contribution is -0.187. The Hall–Kier alpha value is -0.720. The first-order valence-corrected chi connectivity index (χ1v) is 7.97. The van der Waals surface area contributed by atoms with E-state index in [4.69, 9.17) is 17.0 Å². The molecule has 112 valence electrons. The molecule has 1 N–H and O–H groups in total. The van der Waals surface area contributed by atoms with Gasteiger partial charge in [-0.25, -0.2) is 0 Å². The summed E-state index contributed by atoms with van der Waals surface area (Å²) in [5.74, 6) is 0.141. The van der Waals surface area contributed by atoms with Crippen molar-refractivity contribution in [1.82, 2.24) is 9.88 Å². The summed E-state index contributed by atoms with van der Waals surface area (Å²) in [5.41, 5.74) is 0.383. The molecule has 1 aromatic rings. The molecule has 1 aliphatic heterocycles. The van der Waals surface area contributed by atoms with Crippen molar-refractivity contribution < 1.29 is 9.53 Å². The molecule has 6 heteroatoms. The largest absolute Gasteiger partial charge is 0.366 e. The van der Waals surface area contributed by atoms with Gasteiger partial charge in [0.2, 0.25) is 5.91 Å². The Morgan fingerprint density at radius 3 is 2.35 bits per heavy atom. The molecule has 1 aromatic heterocycles. The number of hydrogen-bond acceptors (Lipinski definition) is 4.